The predicted octanol–water partition coefficient (Wildman–Crippen LogP) is 5.06. The summed E-state index contributed by atoms with van der Waals surface area (Å²) in [7, 11) is 0. The second kappa shape index (κ2) is 4.83. The smallest absolute Gasteiger partial charge is 0.0964 e. The standard InChI is InChI=1S/C19H11N3S/c1-2-4-13-12(3-1)5-8-21-19(13)16-9-18-15(11-22-16)14-10-20-7-6-17(14)23-18/h1-11H. The molecule has 0 saturated heterocycles. The number of thiophene rings is 1. The summed E-state index contributed by atoms with van der Waals surface area (Å²) in [6.07, 6.45) is 7.52. The zero-order valence-corrected chi connectivity index (χ0v) is 12.9. The minimum absolute atomic E-state index is 0.911. The monoisotopic (exact) mass is 313 g/mol. The molecule has 0 fully saturated rings. The number of nitrogens with zero attached hydrogens (tertiary/aromatic N) is 3. The molecule has 0 atom stereocenters. The zero-order valence-electron chi connectivity index (χ0n) is 12.1. The summed E-state index contributed by atoms with van der Waals surface area (Å²) in [6.45, 7) is 0. The Labute approximate surface area is 136 Å². The Hall–Kier alpha value is -2.85. The number of benzene rings is 1. The normalized spacial score (nSPS) is 11.5. The van der Waals surface area contributed by atoms with Crippen molar-refractivity contribution in [2.75, 3.05) is 0 Å². The molecule has 4 heteroatoms. The first kappa shape index (κ1) is 12.7. The third-order valence-corrected chi connectivity index (χ3v) is 5.21. The summed E-state index contributed by atoms with van der Waals surface area (Å²) in [4.78, 5) is 13.5. The fourth-order valence-electron chi connectivity index (χ4n) is 2.97. The third-order valence-electron chi connectivity index (χ3n) is 4.07. The van der Waals surface area contributed by atoms with Crippen LogP contribution >= 0.6 is 11.3 Å². The van der Waals surface area contributed by atoms with Gasteiger partial charge in [0.05, 0.1) is 11.4 Å². The summed E-state index contributed by atoms with van der Waals surface area (Å²) in [5, 5.41) is 4.63. The lowest BCUT2D eigenvalue weighted by molar-refractivity contribution is 1.28. The van der Waals surface area contributed by atoms with E-state index in [1.54, 1.807) is 11.3 Å². The van der Waals surface area contributed by atoms with Crippen molar-refractivity contribution in [1.29, 1.82) is 0 Å². The Morgan fingerprint density at radius 1 is 0.739 bits per heavy atom. The fraction of sp³-hybridized carbons (Fsp3) is 0. The molecule has 0 spiro atoms. The van der Waals surface area contributed by atoms with Crippen molar-refractivity contribution in [3.05, 3.63) is 67.3 Å². The molecule has 0 radical (unpaired) electrons. The van der Waals surface area contributed by atoms with E-state index < -0.39 is 0 Å². The van der Waals surface area contributed by atoms with Crippen LogP contribution in [-0.2, 0) is 0 Å². The van der Waals surface area contributed by atoms with Crippen molar-refractivity contribution in [2.45, 2.75) is 0 Å². The number of hydrogen-bond acceptors (Lipinski definition) is 4. The summed E-state index contributed by atoms with van der Waals surface area (Å²) in [5.41, 5.74) is 1.84. The molecule has 5 rings (SSSR count). The molecule has 23 heavy (non-hydrogen) atoms. The van der Waals surface area contributed by atoms with Crippen LogP contribution in [0.15, 0.2) is 67.3 Å². The molecule has 3 nitrogen and oxygen atoms in total. The van der Waals surface area contributed by atoms with Crippen molar-refractivity contribution >= 4 is 42.3 Å². The van der Waals surface area contributed by atoms with Crippen LogP contribution in [0.4, 0.5) is 0 Å². The third kappa shape index (κ3) is 1.92. The van der Waals surface area contributed by atoms with Crippen LogP contribution in [0.25, 0.3) is 42.3 Å². The van der Waals surface area contributed by atoms with Gasteiger partial charge in [0.2, 0.25) is 0 Å². The minimum Gasteiger partial charge on any atom is -0.264 e. The average molecular weight is 313 g/mol. The molecule has 0 bridgehead atoms. The molecule has 0 aliphatic heterocycles. The van der Waals surface area contributed by atoms with Gasteiger partial charge in [0.1, 0.15) is 0 Å². The lowest BCUT2D eigenvalue weighted by Gasteiger charge is -2.05. The molecular formula is C19H11N3S. The topological polar surface area (TPSA) is 38.7 Å². The Morgan fingerprint density at radius 3 is 2.65 bits per heavy atom. The van der Waals surface area contributed by atoms with Crippen LogP contribution in [0.2, 0.25) is 0 Å². The van der Waals surface area contributed by atoms with Gasteiger partial charge in [0, 0.05) is 50.3 Å². The Kier molecular flexibility index (Phi) is 2.66. The molecule has 4 aromatic heterocycles. The number of rotatable bonds is 1. The van der Waals surface area contributed by atoms with Gasteiger partial charge in [0.25, 0.3) is 0 Å². The van der Waals surface area contributed by atoms with Gasteiger partial charge in [-0.3, -0.25) is 15.0 Å². The molecule has 0 aliphatic rings. The first-order chi connectivity index (χ1) is 11.4. The summed E-state index contributed by atoms with van der Waals surface area (Å²) in [5.74, 6) is 0. The summed E-state index contributed by atoms with van der Waals surface area (Å²) >= 11 is 1.77. The van der Waals surface area contributed by atoms with E-state index in [-0.39, 0.29) is 0 Å². The van der Waals surface area contributed by atoms with E-state index in [0.717, 1.165) is 27.5 Å². The first-order valence-electron chi connectivity index (χ1n) is 7.36. The van der Waals surface area contributed by atoms with Crippen molar-refractivity contribution in [3.63, 3.8) is 0 Å². The molecule has 0 amide bonds. The highest BCUT2D eigenvalue weighted by molar-refractivity contribution is 7.25. The molecule has 4 heterocycles. The highest BCUT2D eigenvalue weighted by Gasteiger charge is 2.10. The van der Waals surface area contributed by atoms with Crippen LogP contribution in [0.5, 0.6) is 0 Å². The average Bonchev–Trinajstić information content (AvgIpc) is 2.99. The van der Waals surface area contributed by atoms with Crippen molar-refractivity contribution in [2.24, 2.45) is 0 Å². The van der Waals surface area contributed by atoms with Crippen molar-refractivity contribution in [3.8, 4) is 11.4 Å². The maximum atomic E-state index is 4.67. The number of hydrogen-bond donors (Lipinski definition) is 0. The van der Waals surface area contributed by atoms with Crippen LogP contribution in [-0.4, -0.2) is 15.0 Å². The van der Waals surface area contributed by atoms with E-state index in [1.165, 1.54) is 14.8 Å². The van der Waals surface area contributed by atoms with E-state index in [1.807, 2.05) is 43.0 Å². The summed E-state index contributed by atoms with van der Waals surface area (Å²) in [6, 6.07) is 14.5. The number of aromatic nitrogens is 3. The van der Waals surface area contributed by atoms with Gasteiger partial charge in [-0.1, -0.05) is 24.3 Å². The van der Waals surface area contributed by atoms with Gasteiger partial charge in [0.15, 0.2) is 0 Å². The second-order valence-electron chi connectivity index (χ2n) is 5.42. The SMILES string of the molecule is c1ccc2c(-c3cc4sc5ccncc5c4cn3)nccc2c1. The minimum atomic E-state index is 0.911. The maximum absolute atomic E-state index is 4.67. The van der Waals surface area contributed by atoms with E-state index in [2.05, 4.69) is 39.2 Å². The van der Waals surface area contributed by atoms with Crippen molar-refractivity contribution < 1.29 is 0 Å². The lowest BCUT2D eigenvalue weighted by Crippen LogP contribution is -1.88. The largest absolute Gasteiger partial charge is 0.264 e. The van der Waals surface area contributed by atoms with Gasteiger partial charge in [-0.15, -0.1) is 11.3 Å². The van der Waals surface area contributed by atoms with Crippen LogP contribution in [0.3, 0.4) is 0 Å². The van der Waals surface area contributed by atoms with Gasteiger partial charge >= 0.3 is 0 Å². The van der Waals surface area contributed by atoms with Gasteiger partial charge in [-0.05, 0) is 23.6 Å². The first-order valence-corrected chi connectivity index (χ1v) is 8.18. The second-order valence-corrected chi connectivity index (χ2v) is 6.50. The van der Waals surface area contributed by atoms with E-state index in [0.29, 0.717) is 0 Å². The maximum Gasteiger partial charge on any atom is 0.0964 e. The van der Waals surface area contributed by atoms with E-state index in [9.17, 15) is 0 Å². The molecule has 108 valence electrons. The quantitative estimate of drug-likeness (QED) is 0.434. The van der Waals surface area contributed by atoms with Crippen LogP contribution < -0.4 is 0 Å². The van der Waals surface area contributed by atoms with Gasteiger partial charge in [-0.2, -0.15) is 0 Å². The highest BCUT2D eigenvalue weighted by Crippen LogP contribution is 2.35. The highest BCUT2D eigenvalue weighted by atomic mass is 32.1. The Bertz CT molecular complexity index is 1170. The van der Waals surface area contributed by atoms with Gasteiger partial charge in [-0.25, -0.2) is 0 Å². The fourth-order valence-corrected chi connectivity index (χ4v) is 4.05. The van der Waals surface area contributed by atoms with E-state index >= 15 is 0 Å². The number of pyridine rings is 3. The molecule has 1 aromatic carbocycles. The molecule has 0 saturated carbocycles. The van der Waals surface area contributed by atoms with Crippen LogP contribution in [0, 0.1) is 0 Å². The predicted molar refractivity (Wildman–Crippen MR) is 95.7 cm³/mol. The Balaban J connectivity index is 1.81. The van der Waals surface area contributed by atoms with Crippen molar-refractivity contribution in [1.82, 2.24) is 15.0 Å². The summed E-state index contributed by atoms with van der Waals surface area (Å²) < 4.78 is 2.45. The molecule has 0 aliphatic carbocycles. The van der Waals surface area contributed by atoms with E-state index in [4.69, 9.17) is 0 Å². The zero-order chi connectivity index (χ0) is 15.2. The van der Waals surface area contributed by atoms with Crippen LogP contribution in [0.1, 0.15) is 0 Å². The lowest BCUT2D eigenvalue weighted by atomic mass is 10.1. The molecule has 0 unspecified atom stereocenters. The Morgan fingerprint density at radius 2 is 1.65 bits per heavy atom. The molecular weight excluding hydrogens is 302 g/mol. The van der Waals surface area contributed by atoms with Gasteiger partial charge < -0.3 is 0 Å². The molecule has 0 N–H and O–H groups in total. The molecule has 5 aromatic rings. The number of fused-ring (bicyclic) bond motifs is 4.